The lowest BCUT2D eigenvalue weighted by atomic mass is 9.83. The predicted molar refractivity (Wildman–Crippen MR) is 400 cm³/mol. The summed E-state index contributed by atoms with van der Waals surface area (Å²) in [4.78, 5) is 13.9. The van der Waals surface area contributed by atoms with E-state index in [4.69, 9.17) is 11.5 Å². The molecule has 0 spiro atoms. The van der Waals surface area contributed by atoms with Gasteiger partial charge in [-0.25, -0.2) is 8.78 Å². The molecule has 0 saturated carbocycles. The number of phenolic OH excluding ortho intramolecular Hbond substituents is 4. The van der Waals surface area contributed by atoms with E-state index < -0.39 is 53.3 Å². The van der Waals surface area contributed by atoms with E-state index in [0.717, 1.165) is 65.7 Å². The average molecular weight is 1540 g/mol. The summed E-state index contributed by atoms with van der Waals surface area (Å²) in [5, 5.41) is 52.5. The smallest absolute Gasteiger partial charge is 0.433 e. The van der Waals surface area contributed by atoms with E-state index >= 15 is 0 Å². The zero-order valence-corrected chi connectivity index (χ0v) is 62.8. The van der Waals surface area contributed by atoms with Gasteiger partial charge < -0.3 is 47.8 Å². The largest absolute Gasteiger partial charge is 0.507 e. The van der Waals surface area contributed by atoms with E-state index in [1.165, 1.54) is 48.5 Å². The maximum atomic E-state index is 13.7. The molecule has 588 valence electrons. The average Bonchev–Trinajstić information content (AvgIpc) is 0.804. The number of rotatable bonds is 15. The number of nitrogens with two attached hydrogens (primary N) is 2. The molecule has 10 aromatic rings. The van der Waals surface area contributed by atoms with Crippen LogP contribution in [0.2, 0.25) is 0 Å². The van der Waals surface area contributed by atoms with Crippen molar-refractivity contribution in [2.75, 3.05) is 6.54 Å². The SMILES string of the molecule is CC(C)(C)NCc1cc(-c2ccc(F)cc2)cc(-c2ccc(C(F)(F)F)nc2)c1O.CC(C)(C)NCc1cc(-c2cccc(F)c2)cc(-c2ccc(C(F)(F)F)nc2)c1O.CC(C)(C)c1cc(CN)c(O)c(-c2ccc(C(F)(F)F)nc2)c1.CC(CN)NCc1cc(C(C)(C)C)cc(-c2ccc(C(F)(F)F)nc2)c1O. The van der Waals surface area contributed by atoms with Crippen molar-refractivity contribution < 1.29 is 81.9 Å². The van der Waals surface area contributed by atoms with Crippen molar-refractivity contribution in [3.8, 4) is 89.8 Å². The lowest BCUT2D eigenvalue weighted by molar-refractivity contribution is -0.141. The maximum absolute atomic E-state index is 13.7. The fourth-order valence-electron chi connectivity index (χ4n) is 10.7. The van der Waals surface area contributed by atoms with Gasteiger partial charge in [-0.2, -0.15) is 52.7 Å². The molecule has 0 bridgehead atoms. The van der Waals surface area contributed by atoms with Gasteiger partial charge in [-0.1, -0.05) is 102 Å². The Labute approximate surface area is 630 Å². The van der Waals surface area contributed by atoms with Crippen LogP contribution < -0.4 is 27.4 Å². The highest BCUT2D eigenvalue weighted by atomic mass is 19.4. The molecule has 4 aromatic heterocycles. The molecule has 0 radical (unpaired) electrons. The molecule has 27 heteroatoms. The fourth-order valence-corrected chi connectivity index (χ4v) is 10.7. The van der Waals surface area contributed by atoms with Gasteiger partial charge in [-0.3, -0.25) is 19.9 Å². The molecule has 10 rings (SSSR count). The van der Waals surface area contributed by atoms with Crippen molar-refractivity contribution >= 4 is 0 Å². The second-order valence-electron chi connectivity index (χ2n) is 30.3. The first-order valence-corrected chi connectivity index (χ1v) is 34.6. The van der Waals surface area contributed by atoms with Gasteiger partial charge in [0, 0.05) is 141 Å². The zero-order valence-electron chi connectivity index (χ0n) is 62.8. The highest BCUT2D eigenvalue weighted by Crippen LogP contribution is 2.44. The Morgan fingerprint density at radius 2 is 0.664 bits per heavy atom. The van der Waals surface area contributed by atoms with Gasteiger partial charge in [-0.05, 0) is 178 Å². The molecule has 110 heavy (non-hydrogen) atoms. The summed E-state index contributed by atoms with van der Waals surface area (Å²) in [5.41, 5.74) is 16.5. The molecule has 13 nitrogen and oxygen atoms in total. The number of hydrogen-bond donors (Lipinski definition) is 9. The lowest BCUT2D eigenvalue weighted by Crippen LogP contribution is -2.35. The van der Waals surface area contributed by atoms with Crippen LogP contribution in [0.1, 0.15) is 146 Å². The molecule has 11 N–H and O–H groups in total. The van der Waals surface area contributed by atoms with E-state index in [-0.39, 0.29) is 63.3 Å². The van der Waals surface area contributed by atoms with Crippen LogP contribution in [0, 0.1) is 11.6 Å². The number of alkyl halides is 12. The Bertz CT molecular complexity index is 4740. The molecule has 0 aliphatic carbocycles. The first-order chi connectivity index (χ1) is 50.8. The van der Waals surface area contributed by atoms with Crippen molar-refractivity contribution in [3.05, 3.63) is 238 Å². The van der Waals surface area contributed by atoms with Crippen molar-refractivity contribution in [2.45, 2.75) is 169 Å². The van der Waals surface area contributed by atoms with Crippen LogP contribution in [0.15, 0.2) is 170 Å². The second-order valence-corrected chi connectivity index (χ2v) is 30.3. The third-order valence-electron chi connectivity index (χ3n) is 17.1. The van der Waals surface area contributed by atoms with Crippen molar-refractivity contribution in [1.82, 2.24) is 35.9 Å². The minimum absolute atomic E-state index is 0.0259. The molecule has 0 fully saturated rings. The molecule has 0 aliphatic heterocycles. The number of nitrogens with zero attached hydrogens (tertiary/aromatic N) is 4. The first-order valence-electron chi connectivity index (χ1n) is 34.6. The summed E-state index contributed by atoms with van der Waals surface area (Å²) < 4.78 is 180. The zero-order chi connectivity index (χ0) is 82.0. The highest BCUT2D eigenvalue weighted by molar-refractivity contribution is 5.81. The van der Waals surface area contributed by atoms with Gasteiger partial charge in [0.05, 0.1) is 0 Å². The molecule has 0 aliphatic rings. The topological polar surface area (TPSA) is 221 Å². The summed E-state index contributed by atoms with van der Waals surface area (Å²) in [5.74, 6) is -0.886. The fraction of sp³-hybridized carbons (Fsp3) is 0.325. The van der Waals surface area contributed by atoms with Crippen molar-refractivity contribution in [2.24, 2.45) is 11.5 Å². The predicted octanol–water partition coefficient (Wildman–Crippen LogP) is 20.8. The van der Waals surface area contributed by atoms with Crippen LogP contribution in [-0.4, -0.2) is 64.0 Å². The van der Waals surface area contributed by atoms with Gasteiger partial charge in [0.1, 0.15) is 57.4 Å². The number of benzene rings is 6. The monoisotopic (exact) mass is 1540 g/mol. The normalized spacial score (nSPS) is 12.6. The van der Waals surface area contributed by atoms with E-state index in [9.17, 15) is 81.9 Å². The van der Waals surface area contributed by atoms with Gasteiger partial charge in [-0.15, -0.1) is 0 Å². The molecule has 0 saturated heterocycles. The third kappa shape index (κ3) is 24.2. The third-order valence-corrected chi connectivity index (χ3v) is 17.1. The van der Waals surface area contributed by atoms with Gasteiger partial charge in [0.2, 0.25) is 0 Å². The first kappa shape index (κ1) is 87.2. The summed E-state index contributed by atoms with van der Waals surface area (Å²) in [6.07, 6.45) is -13.7. The van der Waals surface area contributed by atoms with E-state index in [2.05, 4.69) is 35.9 Å². The minimum atomic E-state index is -4.55. The molecule has 4 heterocycles. The van der Waals surface area contributed by atoms with Gasteiger partial charge >= 0.3 is 24.7 Å². The quantitative estimate of drug-likeness (QED) is 0.0437. The van der Waals surface area contributed by atoms with E-state index in [0.29, 0.717) is 110 Å². The van der Waals surface area contributed by atoms with E-state index in [1.54, 1.807) is 60.7 Å². The number of aromatic nitrogens is 4. The molecular weight excluding hydrogens is 1450 g/mol. The van der Waals surface area contributed by atoms with Crippen molar-refractivity contribution in [1.29, 1.82) is 0 Å². The Morgan fingerprint density at radius 3 is 0.964 bits per heavy atom. The maximum Gasteiger partial charge on any atom is 0.433 e. The van der Waals surface area contributed by atoms with Crippen LogP contribution in [0.5, 0.6) is 23.0 Å². The molecule has 6 aromatic carbocycles. The van der Waals surface area contributed by atoms with Crippen molar-refractivity contribution in [3.63, 3.8) is 0 Å². The number of aromatic hydroxyl groups is 4. The number of hydrogen-bond acceptors (Lipinski definition) is 13. The standard InChI is InChI=1S/2C23H22F4N2O.C20H26F3N3O.C17H19F3N2O/c1-22(2,3)29-13-17-10-16(14-4-7-18(24)8-5-14)11-19(21(17)30)15-6-9-20(28-12-15)23(25,26)27;1-22(2,3)29-13-17-9-16(14-5-4-6-18(24)10-14)11-19(21(17)30)15-7-8-20(28-12-15)23(25,26)27;1-12(9-24)25-11-14-7-15(19(2,3)4)8-16(18(14)27)13-5-6-17(26-10-13)20(21,22)23;1-16(2,3)12-6-11(8-21)15(23)13(7-12)10-4-5-14(22-9-10)17(18,19)20/h2*4-12,29-30H,13H2,1-3H3;5-8,10,12,25,27H,9,11,24H2,1-4H3;4-7,9,23H,8,21H2,1-3H3. The molecule has 0 amide bonds. The van der Waals surface area contributed by atoms with Crippen LogP contribution in [-0.2, 0) is 61.7 Å². The van der Waals surface area contributed by atoms with Crippen LogP contribution in [0.4, 0.5) is 61.5 Å². The number of pyridine rings is 4. The Balaban J connectivity index is 0.000000205. The van der Waals surface area contributed by atoms with Crippen LogP contribution in [0.25, 0.3) is 66.8 Å². The summed E-state index contributed by atoms with van der Waals surface area (Å²) in [6, 6.07) is 34.8. The van der Waals surface area contributed by atoms with E-state index in [1.807, 2.05) is 102 Å². The summed E-state index contributed by atoms with van der Waals surface area (Å²) in [7, 11) is 0. The Kier molecular flexibility index (Phi) is 27.6. The highest BCUT2D eigenvalue weighted by Gasteiger charge is 2.36. The Hall–Kier alpha value is -10.1. The summed E-state index contributed by atoms with van der Waals surface area (Å²) in [6.45, 7) is 27.6. The Morgan fingerprint density at radius 1 is 0.345 bits per heavy atom. The number of phenols is 4. The minimum Gasteiger partial charge on any atom is -0.507 e. The molecule has 1 atom stereocenters. The van der Waals surface area contributed by atoms with Gasteiger partial charge in [0.25, 0.3) is 0 Å². The van der Waals surface area contributed by atoms with Crippen LogP contribution >= 0.6 is 0 Å². The lowest BCUT2D eigenvalue weighted by Gasteiger charge is -2.23. The number of nitrogens with one attached hydrogen (secondary N) is 3. The molecule has 1 unspecified atom stereocenters. The second kappa shape index (κ2) is 34.9. The summed E-state index contributed by atoms with van der Waals surface area (Å²) >= 11 is 0. The molecular formula is C83H89F14N9O4. The number of halogens is 14. The van der Waals surface area contributed by atoms with Gasteiger partial charge in [0.15, 0.2) is 0 Å². The van der Waals surface area contributed by atoms with Crippen LogP contribution in [0.3, 0.4) is 0 Å².